The molecule has 6 aliphatic rings. The smallest absolute Gasteiger partial charge is 0.255 e. The minimum Gasteiger partial charge on any atom is -0.510 e. The number of aromatic nitrogens is 3. The lowest BCUT2D eigenvalue weighted by Crippen LogP contribution is -2.65. The van der Waals surface area contributed by atoms with E-state index < -0.39 is 123 Å². The number of rotatable bonds is 10. The van der Waals surface area contributed by atoms with Gasteiger partial charge in [-0.3, -0.25) is 48.5 Å². The minimum absolute atomic E-state index is 0.0787. The lowest BCUT2D eigenvalue weighted by Gasteiger charge is -2.52. The van der Waals surface area contributed by atoms with Gasteiger partial charge in [0, 0.05) is 77.4 Å². The summed E-state index contributed by atoms with van der Waals surface area (Å²) in [5, 5.41) is 61.7. The number of hydrogen-bond acceptors (Lipinski definition) is 19. The van der Waals surface area contributed by atoms with Crippen LogP contribution in [-0.4, -0.2) is 150 Å². The van der Waals surface area contributed by atoms with Crippen LogP contribution >= 0.6 is 0 Å². The third-order valence-corrected chi connectivity index (χ3v) is 15.4. The van der Waals surface area contributed by atoms with Crippen molar-refractivity contribution in [3.63, 3.8) is 0 Å². The highest BCUT2D eigenvalue weighted by Crippen LogP contribution is 2.56. The van der Waals surface area contributed by atoms with Gasteiger partial charge >= 0.3 is 0 Å². The predicted octanol–water partition coefficient (Wildman–Crippen LogP) is 1.81. The Balaban J connectivity index is 1.10. The van der Waals surface area contributed by atoms with E-state index in [1.54, 1.807) is 69.6 Å². The molecule has 0 spiro atoms. The molecule has 6 aliphatic carbocycles. The van der Waals surface area contributed by atoms with Gasteiger partial charge in [0.1, 0.15) is 47.2 Å². The zero-order chi connectivity index (χ0) is 51.6. The van der Waals surface area contributed by atoms with Crippen molar-refractivity contribution in [2.75, 3.05) is 46.9 Å². The number of carbonyl (C=O) groups excluding carboxylic acids is 6. The molecule has 10 rings (SSSR count). The number of amides is 2. The zero-order valence-electron chi connectivity index (χ0n) is 39.6. The summed E-state index contributed by atoms with van der Waals surface area (Å²) in [5.74, 6) is -14.6. The average Bonchev–Trinajstić information content (AvgIpc) is 3.87. The third kappa shape index (κ3) is 6.64. The Morgan fingerprint density at radius 2 is 1.38 bits per heavy atom. The van der Waals surface area contributed by atoms with Gasteiger partial charge in [-0.25, -0.2) is 4.98 Å². The number of oxazole rings is 1. The summed E-state index contributed by atoms with van der Waals surface area (Å²) in [6, 6.07) is 5.56. The van der Waals surface area contributed by atoms with E-state index in [4.69, 9.17) is 20.6 Å². The predicted molar refractivity (Wildman–Crippen MR) is 252 cm³/mol. The summed E-state index contributed by atoms with van der Waals surface area (Å²) in [6.07, 6.45) is 7.17. The molecular formula is C51H50N8O13. The van der Waals surface area contributed by atoms with Crippen LogP contribution in [0.1, 0.15) is 44.7 Å². The highest BCUT2D eigenvalue weighted by atomic mass is 16.5. The van der Waals surface area contributed by atoms with E-state index in [9.17, 15) is 49.5 Å². The summed E-state index contributed by atoms with van der Waals surface area (Å²) in [6.45, 7) is -0.780. The molecule has 2 heterocycles. The number of nitrogens with zero attached hydrogens (tertiary/aromatic N) is 6. The van der Waals surface area contributed by atoms with Gasteiger partial charge in [-0.15, -0.1) is 0 Å². The maximum atomic E-state index is 15.1. The van der Waals surface area contributed by atoms with E-state index in [0.29, 0.717) is 28.1 Å². The second-order valence-corrected chi connectivity index (χ2v) is 19.6. The molecule has 0 saturated carbocycles. The van der Waals surface area contributed by atoms with Crippen LogP contribution in [0.2, 0.25) is 0 Å². The van der Waals surface area contributed by atoms with Crippen molar-refractivity contribution >= 4 is 40.6 Å². The van der Waals surface area contributed by atoms with Gasteiger partial charge in [-0.2, -0.15) is 0 Å². The van der Waals surface area contributed by atoms with Gasteiger partial charge in [0.2, 0.25) is 17.5 Å². The van der Waals surface area contributed by atoms with Crippen LogP contribution in [0.3, 0.4) is 0 Å². The number of likely N-dealkylation sites (N-methyl/N-ethyl adjacent to an activating group) is 2. The molecule has 21 heteroatoms. The number of hydrogen-bond donors (Lipinski definition) is 7. The van der Waals surface area contributed by atoms with E-state index >= 15 is 4.79 Å². The van der Waals surface area contributed by atoms with Crippen molar-refractivity contribution in [2.24, 2.45) is 35.1 Å². The molecule has 72 heavy (non-hydrogen) atoms. The van der Waals surface area contributed by atoms with Crippen LogP contribution in [-0.2, 0) is 36.8 Å². The van der Waals surface area contributed by atoms with Gasteiger partial charge < -0.3 is 51.1 Å². The Kier molecular flexibility index (Phi) is 11.2. The van der Waals surface area contributed by atoms with Gasteiger partial charge in [0.15, 0.2) is 22.8 Å². The van der Waals surface area contributed by atoms with Crippen molar-refractivity contribution < 1.29 is 63.5 Å². The van der Waals surface area contributed by atoms with Crippen molar-refractivity contribution in [3.05, 3.63) is 129 Å². The van der Waals surface area contributed by atoms with E-state index in [1.807, 2.05) is 0 Å². The third-order valence-electron chi connectivity index (χ3n) is 15.4. The van der Waals surface area contributed by atoms with Crippen molar-refractivity contribution in [1.82, 2.24) is 24.8 Å². The highest BCUT2D eigenvalue weighted by molar-refractivity contribution is 6.26. The summed E-state index contributed by atoms with van der Waals surface area (Å²) < 4.78 is 12.1. The average molecular weight is 983 g/mol. The van der Waals surface area contributed by atoms with Crippen molar-refractivity contribution in [2.45, 2.75) is 49.0 Å². The van der Waals surface area contributed by atoms with E-state index in [0.717, 1.165) is 0 Å². The molecule has 8 atom stereocenters. The first kappa shape index (κ1) is 47.8. The first-order valence-electron chi connectivity index (χ1n) is 23.0. The summed E-state index contributed by atoms with van der Waals surface area (Å²) in [5.41, 5.74) is 6.60. The Morgan fingerprint density at radius 1 is 0.750 bits per heavy atom. The Morgan fingerprint density at radius 3 is 1.99 bits per heavy atom. The minimum atomic E-state index is -3.04. The number of carbonyl (C=O) groups is 6. The van der Waals surface area contributed by atoms with Crippen LogP contribution < -0.4 is 16.4 Å². The molecule has 21 nitrogen and oxygen atoms in total. The van der Waals surface area contributed by atoms with Crippen LogP contribution in [0, 0.1) is 23.7 Å². The first-order valence-corrected chi connectivity index (χ1v) is 23.0. The Labute approximate surface area is 410 Å². The van der Waals surface area contributed by atoms with E-state index in [2.05, 4.69) is 15.0 Å². The van der Waals surface area contributed by atoms with Crippen LogP contribution in [0.5, 0.6) is 0 Å². The number of primary amides is 2. The molecule has 4 aromatic rings. The fourth-order valence-corrected chi connectivity index (χ4v) is 12.4. The Hall–Kier alpha value is -7.85. The van der Waals surface area contributed by atoms with Crippen molar-refractivity contribution in [1.29, 1.82) is 0 Å². The summed E-state index contributed by atoms with van der Waals surface area (Å²) in [7, 11) is 8.03. The number of benzene rings is 2. The summed E-state index contributed by atoms with van der Waals surface area (Å²) in [4.78, 5) is 103. The SMILES string of the molecule is CN(C)c1ccc(-c2ncco2)c2c1C[C@H]1C[C@H]3[C@H](N(C)COC4=C5C(=O)c6cccc(-c7cnccn7)c6C[C@H]5C[C@H]5[C@H](N(C)C)C(O)=C(C(N)=O)C(=O)[C@@]45O)C(O)=C(C(N)=O)C(=O)[C@@]3(O)C(O)=C1C2=O. The largest absolute Gasteiger partial charge is 0.510 e. The van der Waals surface area contributed by atoms with E-state index in [-0.39, 0.29) is 59.4 Å². The zero-order valence-corrected chi connectivity index (χ0v) is 39.6. The van der Waals surface area contributed by atoms with Gasteiger partial charge in [0.05, 0.1) is 30.2 Å². The molecule has 0 saturated heterocycles. The van der Waals surface area contributed by atoms with Crippen molar-refractivity contribution in [3.8, 4) is 22.7 Å². The fraction of sp³-hybridized carbons (Fsp3) is 0.353. The Bertz CT molecular complexity index is 3210. The van der Waals surface area contributed by atoms with E-state index in [1.165, 1.54) is 41.7 Å². The second kappa shape index (κ2) is 16.9. The molecule has 2 amide bonds. The monoisotopic (exact) mass is 982 g/mol. The first-order chi connectivity index (χ1) is 34.2. The number of aliphatic hydroxyl groups excluding tert-OH is 3. The molecule has 0 bridgehead atoms. The number of fused-ring (bicyclic) bond motifs is 6. The standard InChI is InChI=1S/C51H50N8O13/c1-57(2)31-10-9-25(49-56-13-14-71-49)34-27(31)16-21-17-29-38(42(63)36(48(53)68)44(65)50(29,69)43(64)32(21)40(34)61)59(5)20-72-46-33-22(15-26-23(30-19-54-11-12-55-30)7-6-8-24(26)39(33)60)18-28-37(58(3)4)41(62)35(47(52)67)45(66)51(28,46)70/h6-14,19,21-22,28-29,37-38,62-64,69-70H,15-18,20H2,1-5H3,(H2,52,67)(H2,53,68)/t21-,22-,28-,29-,37-,38-,50-,51+/m0/s1. The second-order valence-electron chi connectivity index (χ2n) is 19.6. The topological polar surface area (TPSA) is 326 Å². The number of anilines is 1. The lowest BCUT2D eigenvalue weighted by atomic mass is 9.58. The summed E-state index contributed by atoms with van der Waals surface area (Å²) >= 11 is 0. The maximum Gasteiger partial charge on any atom is 0.255 e. The lowest BCUT2D eigenvalue weighted by molar-refractivity contribution is -0.157. The van der Waals surface area contributed by atoms with Gasteiger partial charge in [-0.1, -0.05) is 18.2 Å². The number of allylic oxidation sites excluding steroid dienone is 2. The maximum absolute atomic E-state index is 15.1. The van der Waals surface area contributed by atoms with Gasteiger partial charge in [-0.05, 0) is 81.9 Å². The number of Topliss-reactive ketones (excluding diaryl/α,β-unsaturated/α-hetero) is 4. The fourth-order valence-electron chi connectivity index (χ4n) is 12.4. The van der Waals surface area contributed by atoms with Crippen LogP contribution in [0.4, 0.5) is 5.69 Å². The van der Waals surface area contributed by atoms with Crippen LogP contribution in [0.25, 0.3) is 22.7 Å². The molecular weight excluding hydrogens is 933 g/mol. The van der Waals surface area contributed by atoms with Crippen LogP contribution in [0.15, 0.2) is 111 Å². The number of ether oxygens (including phenoxy) is 1. The molecule has 0 fully saturated rings. The quantitative estimate of drug-likeness (QED) is 0.0880. The van der Waals surface area contributed by atoms with Gasteiger partial charge in [0.25, 0.3) is 11.8 Å². The number of aliphatic hydroxyl groups is 5. The molecule has 372 valence electrons. The molecule has 0 aliphatic heterocycles. The molecule has 0 radical (unpaired) electrons. The highest BCUT2D eigenvalue weighted by Gasteiger charge is 2.66. The molecule has 2 aromatic carbocycles. The molecule has 0 unspecified atom stereocenters. The number of nitrogens with two attached hydrogens (primary N) is 2. The normalized spacial score (nSPS) is 27.8. The molecule has 9 N–H and O–H groups in total. The number of ketones is 4. The molecule has 2 aromatic heterocycles.